The van der Waals surface area contributed by atoms with Crippen LogP contribution < -0.4 is 0 Å². The van der Waals surface area contributed by atoms with E-state index in [1.165, 1.54) is 18.3 Å². The number of halogens is 1. The van der Waals surface area contributed by atoms with Gasteiger partial charge in [0.2, 0.25) is 9.84 Å². The molecule has 0 amide bonds. The number of carbonyl (C=O) groups excluding carboxylic acids is 1. The summed E-state index contributed by atoms with van der Waals surface area (Å²) in [5.74, 6) is -0.984. The van der Waals surface area contributed by atoms with E-state index in [4.69, 9.17) is 0 Å². The van der Waals surface area contributed by atoms with Crippen molar-refractivity contribution < 1.29 is 17.6 Å². The van der Waals surface area contributed by atoms with Crippen LogP contribution >= 0.6 is 0 Å². The zero-order valence-electron chi connectivity index (χ0n) is 15.5. The Morgan fingerprint density at radius 1 is 0.931 bits per heavy atom. The largest absolute Gasteiger partial charge is 0.289 e. The van der Waals surface area contributed by atoms with Crippen molar-refractivity contribution in [2.24, 2.45) is 0 Å². The van der Waals surface area contributed by atoms with Crippen LogP contribution in [0, 0.1) is 12.7 Å². The Hall–Kier alpha value is -3.38. The molecule has 0 aliphatic rings. The van der Waals surface area contributed by atoms with E-state index in [0.717, 1.165) is 17.7 Å². The van der Waals surface area contributed by atoms with E-state index in [1.807, 2.05) is 13.0 Å². The normalized spacial score (nSPS) is 11.5. The minimum absolute atomic E-state index is 0.0152. The second kappa shape index (κ2) is 7.22. The van der Waals surface area contributed by atoms with Crippen molar-refractivity contribution in [3.05, 3.63) is 102 Å². The number of ketones is 1. The molecule has 4 aromatic rings. The minimum atomic E-state index is -4.11. The lowest BCUT2D eigenvalue weighted by molar-refractivity contribution is 0.103. The van der Waals surface area contributed by atoms with Crippen molar-refractivity contribution in [3.8, 4) is 0 Å². The molecule has 144 valence electrons. The van der Waals surface area contributed by atoms with Gasteiger partial charge in [0.1, 0.15) is 5.82 Å². The van der Waals surface area contributed by atoms with Crippen molar-refractivity contribution >= 4 is 26.5 Å². The monoisotopic (exact) mass is 405 g/mol. The number of hydrogen-bond acceptors (Lipinski definition) is 4. The fraction of sp³-hybridized carbons (Fsp3) is 0.0435. The van der Waals surface area contributed by atoms with Gasteiger partial charge in [0.15, 0.2) is 5.78 Å². The van der Waals surface area contributed by atoms with Crippen LogP contribution in [0.1, 0.15) is 21.5 Å². The van der Waals surface area contributed by atoms with Gasteiger partial charge in [0.25, 0.3) is 0 Å². The highest BCUT2D eigenvalue weighted by Gasteiger charge is 2.28. The van der Waals surface area contributed by atoms with Crippen molar-refractivity contribution in [2.45, 2.75) is 16.7 Å². The highest BCUT2D eigenvalue weighted by molar-refractivity contribution is 7.91. The molecule has 0 aliphatic heterocycles. The number of hydrogen-bond donors (Lipinski definition) is 0. The molecule has 0 radical (unpaired) electrons. The van der Waals surface area contributed by atoms with Crippen LogP contribution in [0.25, 0.3) is 10.9 Å². The van der Waals surface area contributed by atoms with Crippen LogP contribution in [-0.4, -0.2) is 19.2 Å². The molecule has 1 aromatic heterocycles. The van der Waals surface area contributed by atoms with Crippen molar-refractivity contribution in [1.29, 1.82) is 0 Å². The Morgan fingerprint density at radius 2 is 1.62 bits per heavy atom. The van der Waals surface area contributed by atoms with Gasteiger partial charge in [-0.25, -0.2) is 12.8 Å². The number of rotatable bonds is 4. The maximum atomic E-state index is 13.5. The SMILES string of the molecule is Cc1ccc2ncc(C(=O)c3ccccc3)c(S(=O)(=O)c3ccc(F)cc3)c2c1. The maximum absolute atomic E-state index is 13.5. The number of fused-ring (bicyclic) bond motifs is 1. The minimum Gasteiger partial charge on any atom is -0.289 e. The average Bonchev–Trinajstić information content (AvgIpc) is 2.73. The first-order chi connectivity index (χ1) is 13.9. The van der Waals surface area contributed by atoms with E-state index >= 15 is 0 Å². The van der Waals surface area contributed by atoms with Crippen LogP contribution in [-0.2, 0) is 9.84 Å². The van der Waals surface area contributed by atoms with Crippen LogP contribution in [0.4, 0.5) is 4.39 Å². The van der Waals surface area contributed by atoms with E-state index in [0.29, 0.717) is 16.5 Å². The topological polar surface area (TPSA) is 64.1 Å². The summed E-state index contributed by atoms with van der Waals surface area (Å²) in [6, 6.07) is 18.2. The van der Waals surface area contributed by atoms with Gasteiger partial charge < -0.3 is 0 Å². The third kappa shape index (κ3) is 3.43. The Bertz CT molecular complexity index is 1330. The number of aryl methyl sites for hydroxylation is 1. The third-order valence-electron chi connectivity index (χ3n) is 4.65. The molecule has 0 saturated heterocycles. The molecule has 0 fully saturated rings. The molecule has 0 saturated carbocycles. The van der Waals surface area contributed by atoms with Crippen molar-refractivity contribution in [1.82, 2.24) is 4.98 Å². The number of nitrogens with zero attached hydrogens (tertiary/aromatic N) is 1. The predicted molar refractivity (Wildman–Crippen MR) is 108 cm³/mol. The third-order valence-corrected chi connectivity index (χ3v) is 6.52. The molecule has 0 N–H and O–H groups in total. The summed E-state index contributed by atoms with van der Waals surface area (Å²) in [7, 11) is -4.11. The Labute approximate surface area is 167 Å². The lowest BCUT2D eigenvalue weighted by Gasteiger charge is -2.13. The van der Waals surface area contributed by atoms with E-state index in [2.05, 4.69) is 4.98 Å². The number of benzene rings is 3. The number of pyridine rings is 1. The molecule has 0 aliphatic carbocycles. The van der Waals surface area contributed by atoms with E-state index in [9.17, 15) is 17.6 Å². The number of carbonyl (C=O) groups is 1. The molecule has 4 nitrogen and oxygen atoms in total. The number of aromatic nitrogens is 1. The second-order valence-corrected chi connectivity index (χ2v) is 8.56. The summed E-state index contributed by atoms with van der Waals surface area (Å²) in [5.41, 5.74) is 1.63. The lowest BCUT2D eigenvalue weighted by Crippen LogP contribution is -2.12. The fourth-order valence-corrected chi connectivity index (χ4v) is 4.83. The summed E-state index contributed by atoms with van der Waals surface area (Å²) in [5, 5.41) is 0.358. The molecule has 0 bridgehead atoms. The Morgan fingerprint density at radius 3 is 2.31 bits per heavy atom. The highest BCUT2D eigenvalue weighted by atomic mass is 32.2. The molecular weight excluding hydrogens is 389 g/mol. The molecule has 3 aromatic carbocycles. The zero-order chi connectivity index (χ0) is 20.6. The van der Waals surface area contributed by atoms with E-state index in [-0.39, 0.29) is 15.4 Å². The van der Waals surface area contributed by atoms with Crippen LogP contribution in [0.15, 0.2) is 88.8 Å². The van der Waals surface area contributed by atoms with E-state index in [1.54, 1.807) is 42.5 Å². The quantitative estimate of drug-likeness (QED) is 0.363. The summed E-state index contributed by atoms with van der Waals surface area (Å²) in [6.07, 6.45) is 1.30. The lowest BCUT2D eigenvalue weighted by atomic mass is 10.0. The standard InChI is InChI=1S/C23H16FNO3S/c1-15-7-12-21-19(13-15)23(29(27,28)18-10-8-17(24)9-11-18)20(14-25-21)22(26)16-5-3-2-4-6-16/h2-14H,1H3. The molecule has 0 unspecified atom stereocenters. The molecule has 0 atom stereocenters. The highest BCUT2D eigenvalue weighted by Crippen LogP contribution is 2.32. The molecular formula is C23H16FNO3S. The van der Waals surface area contributed by atoms with Gasteiger partial charge >= 0.3 is 0 Å². The fourth-order valence-electron chi connectivity index (χ4n) is 3.21. The maximum Gasteiger partial charge on any atom is 0.208 e. The first-order valence-electron chi connectivity index (χ1n) is 8.88. The molecule has 0 spiro atoms. The summed E-state index contributed by atoms with van der Waals surface area (Å²) >= 11 is 0. The van der Waals surface area contributed by atoms with Crippen molar-refractivity contribution in [3.63, 3.8) is 0 Å². The first kappa shape index (κ1) is 19.0. The molecule has 6 heteroatoms. The molecule has 4 rings (SSSR count). The van der Waals surface area contributed by atoms with Gasteiger partial charge in [0, 0.05) is 17.1 Å². The van der Waals surface area contributed by atoms with Gasteiger partial charge in [0.05, 0.1) is 20.9 Å². The second-order valence-electron chi connectivity index (χ2n) is 6.67. The average molecular weight is 405 g/mol. The summed E-state index contributed by atoms with van der Waals surface area (Å²) in [6.45, 7) is 1.83. The van der Waals surface area contributed by atoms with Crippen LogP contribution in [0.2, 0.25) is 0 Å². The van der Waals surface area contributed by atoms with Gasteiger partial charge in [-0.1, -0.05) is 42.0 Å². The Balaban J connectivity index is 2.05. The first-order valence-corrected chi connectivity index (χ1v) is 10.4. The smallest absolute Gasteiger partial charge is 0.208 e. The van der Waals surface area contributed by atoms with Crippen LogP contribution in [0.5, 0.6) is 0 Å². The summed E-state index contributed by atoms with van der Waals surface area (Å²) < 4.78 is 40.4. The van der Waals surface area contributed by atoms with Gasteiger partial charge in [-0.3, -0.25) is 9.78 Å². The van der Waals surface area contributed by atoms with Gasteiger partial charge in [-0.15, -0.1) is 0 Å². The Kier molecular flexibility index (Phi) is 4.72. The van der Waals surface area contributed by atoms with Gasteiger partial charge in [-0.05, 0) is 43.3 Å². The number of sulfone groups is 1. The predicted octanol–water partition coefficient (Wildman–Crippen LogP) is 4.75. The zero-order valence-corrected chi connectivity index (χ0v) is 16.3. The molecule has 29 heavy (non-hydrogen) atoms. The molecule has 1 heterocycles. The summed E-state index contributed by atoms with van der Waals surface area (Å²) in [4.78, 5) is 17.3. The van der Waals surface area contributed by atoms with Crippen molar-refractivity contribution in [2.75, 3.05) is 0 Å². The van der Waals surface area contributed by atoms with E-state index < -0.39 is 21.4 Å². The van der Waals surface area contributed by atoms with Crippen LogP contribution in [0.3, 0.4) is 0 Å². The van der Waals surface area contributed by atoms with Gasteiger partial charge in [-0.2, -0.15) is 0 Å².